The number of nitrogens with zero attached hydrogens (tertiary/aromatic N) is 3. The molecule has 0 aromatic carbocycles. The largest absolute Gasteiger partial charge is 0.357 e. The van der Waals surface area contributed by atoms with E-state index in [2.05, 4.69) is 38.6 Å². The van der Waals surface area contributed by atoms with Gasteiger partial charge in [-0.2, -0.15) is 4.98 Å². The van der Waals surface area contributed by atoms with Crippen molar-refractivity contribution < 1.29 is 0 Å². The van der Waals surface area contributed by atoms with E-state index in [0.717, 1.165) is 17.2 Å². The Morgan fingerprint density at radius 1 is 1.47 bits per heavy atom. The van der Waals surface area contributed by atoms with E-state index in [9.17, 15) is 0 Å². The van der Waals surface area contributed by atoms with Gasteiger partial charge in [-0.15, -0.1) is 11.3 Å². The van der Waals surface area contributed by atoms with Gasteiger partial charge in [-0.05, 0) is 31.2 Å². The predicted octanol–water partition coefficient (Wildman–Crippen LogP) is 2.72. The van der Waals surface area contributed by atoms with Crippen molar-refractivity contribution in [2.75, 3.05) is 23.8 Å². The SMILES string of the molecule is CCN(c1nc(NC)nc2sccc12)C1CC1. The molecule has 1 aliphatic rings. The van der Waals surface area contributed by atoms with E-state index >= 15 is 0 Å². The molecule has 0 amide bonds. The Hall–Kier alpha value is -1.36. The van der Waals surface area contributed by atoms with Crippen molar-refractivity contribution in [3.05, 3.63) is 11.4 Å². The number of aromatic nitrogens is 2. The van der Waals surface area contributed by atoms with Crippen molar-refractivity contribution in [1.82, 2.24) is 9.97 Å². The van der Waals surface area contributed by atoms with Crippen molar-refractivity contribution in [3.8, 4) is 0 Å². The summed E-state index contributed by atoms with van der Waals surface area (Å²) in [4.78, 5) is 12.6. The molecule has 2 aromatic rings. The Morgan fingerprint density at radius 3 is 2.94 bits per heavy atom. The highest BCUT2D eigenvalue weighted by molar-refractivity contribution is 7.16. The number of rotatable bonds is 4. The summed E-state index contributed by atoms with van der Waals surface area (Å²) in [5.74, 6) is 1.81. The molecule has 1 aliphatic carbocycles. The molecule has 0 saturated heterocycles. The first-order valence-corrected chi connectivity index (χ1v) is 6.91. The van der Waals surface area contributed by atoms with Crippen molar-refractivity contribution in [3.63, 3.8) is 0 Å². The molecule has 90 valence electrons. The fraction of sp³-hybridized carbons (Fsp3) is 0.500. The third kappa shape index (κ3) is 1.84. The Bertz CT molecular complexity index is 532. The molecule has 2 aromatic heterocycles. The summed E-state index contributed by atoms with van der Waals surface area (Å²) < 4.78 is 0. The summed E-state index contributed by atoms with van der Waals surface area (Å²) in [5.41, 5.74) is 0. The second-order valence-corrected chi connectivity index (χ2v) is 5.17. The van der Waals surface area contributed by atoms with Crippen LogP contribution in [-0.4, -0.2) is 29.6 Å². The van der Waals surface area contributed by atoms with Gasteiger partial charge in [0.05, 0.1) is 5.39 Å². The molecular weight excluding hydrogens is 232 g/mol. The minimum absolute atomic E-state index is 0.683. The maximum Gasteiger partial charge on any atom is 0.225 e. The molecule has 0 aliphatic heterocycles. The monoisotopic (exact) mass is 248 g/mol. The van der Waals surface area contributed by atoms with Crippen LogP contribution in [0.25, 0.3) is 10.2 Å². The first-order chi connectivity index (χ1) is 8.33. The molecule has 1 N–H and O–H groups in total. The molecule has 0 spiro atoms. The van der Waals surface area contributed by atoms with E-state index in [1.165, 1.54) is 18.2 Å². The van der Waals surface area contributed by atoms with Gasteiger partial charge < -0.3 is 10.2 Å². The van der Waals surface area contributed by atoms with Crippen LogP contribution in [-0.2, 0) is 0 Å². The van der Waals surface area contributed by atoms with Crippen LogP contribution in [0.3, 0.4) is 0 Å². The molecule has 0 bridgehead atoms. The van der Waals surface area contributed by atoms with Crippen LogP contribution in [0.1, 0.15) is 19.8 Å². The third-order valence-electron chi connectivity index (χ3n) is 3.13. The summed E-state index contributed by atoms with van der Waals surface area (Å²) in [6, 6.07) is 2.81. The van der Waals surface area contributed by atoms with E-state index in [1.54, 1.807) is 11.3 Å². The number of nitrogens with one attached hydrogen (secondary N) is 1. The average molecular weight is 248 g/mol. The highest BCUT2D eigenvalue weighted by Gasteiger charge is 2.30. The zero-order valence-electron chi connectivity index (χ0n) is 10.1. The van der Waals surface area contributed by atoms with Gasteiger partial charge in [0.15, 0.2) is 0 Å². The van der Waals surface area contributed by atoms with Crippen molar-refractivity contribution >= 4 is 33.3 Å². The zero-order valence-corrected chi connectivity index (χ0v) is 10.9. The fourth-order valence-electron chi connectivity index (χ4n) is 2.14. The van der Waals surface area contributed by atoms with Crippen molar-refractivity contribution in [2.24, 2.45) is 0 Å². The maximum atomic E-state index is 4.63. The summed E-state index contributed by atoms with van der Waals surface area (Å²) in [6.45, 7) is 3.20. The molecule has 0 unspecified atom stereocenters. The summed E-state index contributed by atoms with van der Waals surface area (Å²) >= 11 is 1.67. The van der Waals surface area contributed by atoms with E-state index in [-0.39, 0.29) is 0 Å². The van der Waals surface area contributed by atoms with Crippen molar-refractivity contribution in [1.29, 1.82) is 0 Å². The van der Waals surface area contributed by atoms with E-state index in [1.807, 2.05) is 7.05 Å². The highest BCUT2D eigenvalue weighted by atomic mass is 32.1. The number of fused-ring (bicyclic) bond motifs is 1. The Labute approximate surface area is 105 Å². The quantitative estimate of drug-likeness (QED) is 0.903. The Balaban J connectivity index is 2.14. The van der Waals surface area contributed by atoms with Gasteiger partial charge in [0.25, 0.3) is 0 Å². The van der Waals surface area contributed by atoms with Crippen LogP contribution in [0, 0.1) is 0 Å². The second-order valence-electron chi connectivity index (χ2n) is 4.28. The molecule has 1 fully saturated rings. The standard InChI is InChI=1S/C12H16N4S/c1-3-16(8-4-5-8)10-9-6-7-17-11(9)15-12(13-2)14-10/h6-8H,3-5H2,1-2H3,(H,13,14,15). The van der Waals surface area contributed by atoms with Crippen LogP contribution in [0.4, 0.5) is 11.8 Å². The molecule has 3 rings (SSSR count). The van der Waals surface area contributed by atoms with Crippen LogP contribution in [0.2, 0.25) is 0 Å². The van der Waals surface area contributed by atoms with E-state index < -0.39 is 0 Å². The first kappa shape index (κ1) is 10.8. The lowest BCUT2D eigenvalue weighted by Gasteiger charge is -2.22. The van der Waals surface area contributed by atoms with Crippen LogP contribution in [0.5, 0.6) is 0 Å². The molecule has 2 heterocycles. The molecule has 1 saturated carbocycles. The number of anilines is 2. The molecule has 0 atom stereocenters. The Kier molecular flexibility index (Phi) is 2.63. The minimum atomic E-state index is 0.683. The first-order valence-electron chi connectivity index (χ1n) is 6.03. The maximum absolute atomic E-state index is 4.63. The topological polar surface area (TPSA) is 41.1 Å². The second kappa shape index (κ2) is 4.14. The summed E-state index contributed by atoms with van der Waals surface area (Å²) in [7, 11) is 1.87. The van der Waals surface area contributed by atoms with Gasteiger partial charge in [0, 0.05) is 19.6 Å². The number of thiophene rings is 1. The lowest BCUT2D eigenvalue weighted by Crippen LogP contribution is -2.26. The number of hydrogen-bond acceptors (Lipinski definition) is 5. The van der Waals surface area contributed by atoms with Gasteiger partial charge in [-0.1, -0.05) is 0 Å². The highest BCUT2D eigenvalue weighted by Crippen LogP contribution is 2.35. The fourth-order valence-corrected chi connectivity index (χ4v) is 2.90. The normalized spacial score (nSPS) is 15.2. The van der Waals surface area contributed by atoms with E-state index in [4.69, 9.17) is 0 Å². The molecule has 17 heavy (non-hydrogen) atoms. The molecule has 5 heteroatoms. The molecular formula is C12H16N4S. The van der Waals surface area contributed by atoms with Crippen LogP contribution in [0.15, 0.2) is 11.4 Å². The lowest BCUT2D eigenvalue weighted by molar-refractivity contribution is 0.812. The van der Waals surface area contributed by atoms with Gasteiger partial charge in [0.1, 0.15) is 10.6 Å². The third-order valence-corrected chi connectivity index (χ3v) is 3.94. The van der Waals surface area contributed by atoms with Gasteiger partial charge in [-0.3, -0.25) is 0 Å². The van der Waals surface area contributed by atoms with Gasteiger partial charge in [0.2, 0.25) is 5.95 Å². The van der Waals surface area contributed by atoms with E-state index in [0.29, 0.717) is 12.0 Å². The zero-order chi connectivity index (χ0) is 11.8. The molecule has 4 nitrogen and oxygen atoms in total. The minimum Gasteiger partial charge on any atom is -0.357 e. The van der Waals surface area contributed by atoms with Gasteiger partial charge in [-0.25, -0.2) is 4.98 Å². The molecule has 0 radical (unpaired) electrons. The average Bonchev–Trinajstić information content (AvgIpc) is 3.07. The van der Waals surface area contributed by atoms with Crippen LogP contribution >= 0.6 is 11.3 Å². The summed E-state index contributed by atoms with van der Waals surface area (Å²) in [5, 5.41) is 6.31. The lowest BCUT2D eigenvalue weighted by atomic mass is 10.3. The number of hydrogen-bond donors (Lipinski definition) is 1. The Morgan fingerprint density at radius 2 is 2.29 bits per heavy atom. The summed E-state index contributed by atoms with van der Waals surface area (Å²) in [6.07, 6.45) is 2.58. The smallest absolute Gasteiger partial charge is 0.225 e. The van der Waals surface area contributed by atoms with Gasteiger partial charge >= 0.3 is 0 Å². The van der Waals surface area contributed by atoms with Crippen LogP contribution < -0.4 is 10.2 Å². The predicted molar refractivity (Wildman–Crippen MR) is 73.0 cm³/mol. The van der Waals surface area contributed by atoms with Crippen molar-refractivity contribution in [2.45, 2.75) is 25.8 Å².